The zero-order valence-electron chi connectivity index (χ0n) is 62.1. The van der Waals surface area contributed by atoms with Crippen molar-refractivity contribution >= 4 is 119 Å². The van der Waals surface area contributed by atoms with E-state index in [1.54, 1.807) is 52.8 Å². The summed E-state index contributed by atoms with van der Waals surface area (Å²) in [6, 6.07) is -14.9. The van der Waals surface area contributed by atoms with Crippen molar-refractivity contribution in [3.05, 3.63) is 35.9 Å². The highest BCUT2D eigenvalue weighted by atomic mass is 16.4. The van der Waals surface area contributed by atoms with Crippen LogP contribution < -0.4 is 81.0 Å². The molecule has 0 aliphatic carbocycles. The number of carboxylic acids is 6. The summed E-state index contributed by atoms with van der Waals surface area (Å²) < 4.78 is 0. The Hall–Kier alpha value is -11.5. The van der Waals surface area contributed by atoms with Crippen molar-refractivity contribution < 1.29 is 132 Å². The van der Waals surface area contributed by atoms with Crippen LogP contribution in [0.15, 0.2) is 30.3 Å². The lowest BCUT2D eigenvalue weighted by molar-refractivity contribution is -0.144. The van der Waals surface area contributed by atoms with Gasteiger partial charge in [0.2, 0.25) is 82.7 Å². The lowest BCUT2D eigenvalue weighted by Gasteiger charge is -2.30. The first kappa shape index (κ1) is 97.5. The third kappa shape index (κ3) is 38.6. The van der Waals surface area contributed by atoms with E-state index in [-0.39, 0.29) is 19.3 Å². The number of nitrogens with two attached hydrogens (primary N) is 3. The molecule has 1 rings (SSSR count). The molecule has 0 spiro atoms. The van der Waals surface area contributed by atoms with Gasteiger partial charge in [-0.2, -0.15) is 0 Å². The Labute approximate surface area is 626 Å². The molecular weight excluding hydrogens is 1450 g/mol. The van der Waals surface area contributed by atoms with Crippen molar-refractivity contribution in [3.63, 3.8) is 0 Å². The minimum atomic E-state index is -2.13. The molecule has 0 bridgehead atoms. The molecule has 15 atom stereocenters. The predicted octanol–water partition coefficient (Wildman–Crippen LogP) is -5.82. The quantitative estimate of drug-likeness (QED) is 0.0289. The van der Waals surface area contributed by atoms with Crippen LogP contribution >= 0.6 is 0 Å². The van der Waals surface area contributed by atoms with E-state index in [1.807, 2.05) is 0 Å². The third-order valence-electron chi connectivity index (χ3n) is 16.3. The van der Waals surface area contributed by atoms with Crippen molar-refractivity contribution in [2.75, 3.05) is 6.61 Å². The van der Waals surface area contributed by atoms with Gasteiger partial charge in [0.15, 0.2) is 0 Å². The minimum absolute atomic E-state index is 0.0919. The van der Waals surface area contributed by atoms with Crippen LogP contribution in [0.25, 0.3) is 0 Å². The fourth-order valence-electron chi connectivity index (χ4n) is 9.91. The summed E-state index contributed by atoms with van der Waals surface area (Å²) >= 11 is 0. The van der Waals surface area contributed by atoms with Crippen LogP contribution in [0.1, 0.15) is 152 Å². The van der Waals surface area contributed by atoms with Gasteiger partial charge in [-0.3, -0.25) is 91.1 Å². The van der Waals surface area contributed by atoms with Gasteiger partial charge in [0.05, 0.1) is 31.9 Å². The molecule has 42 heteroatoms. The average Bonchev–Trinajstić information content (AvgIpc) is 0.851. The normalized spacial score (nSPS) is 15.0. The molecule has 0 saturated carbocycles. The third-order valence-corrected chi connectivity index (χ3v) is 16.3. The Kier molecular flexibility index (Phi) is 44.2. The monoisotopic (exact) mass is 1550 g/mol. The van der Waals surface area contributed by atoms with E-state index in [0.717, 1.165) is 13.8 Å². The van der Waals surface area contributed by atoms with E-state index in [0.29, 0.717) is 5.56 Å². The highest BCUT2D eigenvalue weighted by Crippen LogP contribution is 2.16. The van der Waals surface area contributed by atoms with E-state index >= 15 is 0 Å². The molecule has 1 aromatic rings. The standard InChI is InChI=1S/C65H101N15O25.C2H4O2/c1-10-31(7)51(80-61(100)39(23-29(3)4)73-59(98)41(26-45(68)83)75-56(95)37(18-21-46(84)85)70-53(92)33(9)69-54(93)35(66)25-48(88)89)63(102)76-42(27-49(90)91)60(99)77-43(28-81)62(101)74-40(24-34-15-13-12-14-16-34)58(97)72-36(17-20-44(67)82)55(94)71-38(19-22-47(86)87)57(96)79-52(32(8)11-2)64(103)78-50(30(5)6)65(104)105;1-2(3)4/h12-16,29-33,35-43,50-52,81H,10-11,17-28,66H2,1-9H3,(H2,67,82)(H2,68,83)(H,69,93)(H,70,92)(H,71,94)(H,72,97)(H,73,98)(H,74,101)(H,75,95)(H,76,102)(H,77,99)(H,78,103)(H,79,96)(H,80,100)(H,84,85)(H,86,87)(H,88,89)(H,90,91)(H,104,105);1H3,(H,3,4)/t31-,32-,33-,35-,36-,37-,38-,39-,40-,41-,42-,43-,50-,51-,52-;/m0./s1. The molecule has 0 aliphatic heterocycles. The molecule has 0 radical (unpaired) electrons. The minimum Gasteiger partial charge on any atom is -0.481 e. The zero-order valence-corrected chi connectivity index (χ0v) is 62.1. The van der Waals surface area contributed by atoms with Crippen LogP contribution in [0, 0.1) is 23.7 Å². The topological polar surface area (TPSA) is 705 Å². The second kappa shape index (κ2) is 49.4. The van der Waals surface area contributed by atoms with Gasteiger partial charge in [-0.15, -0.1) is 0 Å². The lowest BCUT2D eigenvalue weighted by Crippen LogP contribution is -2.62. The molecule has 1 aromatic carbocycles. The Morgan fingerprint density at radius 1 is 0.376 bits per heavy atom. The predicted molar refractivity (Wildman–Crippen MR) is 379 cm³/mol. The van der Waals surface area contributed by atoms with Crippen molar-refractivity contribution in [3.8, 4) is 0 Å². The maximum absolute atomic E-state index is 14.4. The number of carbonyl (C=O) groups excluding carboxylic acids is 14. The van der Waals surface area contributed by atoms with Crippen molar-refractivity contribution in [1.29, 1.82) is 0 Å². The summed E-state index contributed by atoms with van der Waals surface area (Å²) in [5.74, 6) is -27.3. The second-order valence-electron chi connectivity index (χ2n) is 26.4. The van der Waals surface area contributed by atoms with Crippen LogP contribution in [-0.4, -0.2) is 239 Å². The summed E-state index contributed by atoms with van der Waals surface area (Å²) in [7, 11) is 0. The molecule has 0 fully saturated rings. The zero-order chi connectivity index (χ0) is 83.9. The van der Waals surface area contributed by atoms with Gasteiger partial charge in [-0.05, 0) is 61.8 Å². The van der Waals surface area contributed by atoms with Crippen LogP contribution in [0.5, 0.6) is 0 Å². The molecule has 14 amide bonds. The highest BCUT2D eigenvalue weighted by Gasteiger charge is 2.40. The number of aliphatic carboxylic acids is 6. The molecular formula is C67H105N15O27. The number of carboxylic acid groups (broad SMARTS) is 6. The average molecular weight is 1550 g/mol. The molecule has 0 saturated heterocycles. The molecule has 0 aromatic heterocycles. The molecule has 0 heterocycles. The van der Waals surface area contributed by atoms with Gasteiger partial charge in [-0.25, -0.2) is 4.79 Å². The number of hydrogen-bond donors (Lipinski definition) is 22. The maximum atomic E-state index is 14.4. The van der Waals surface area contributed by atoms with Crippen LogP contribution in [0.3, 0.4) is 0 Å². The van der Waals surface area contributed by atoms with Gasteiger partial charge < -0.3 is 117 Å². The van der Waals surface area contributed by atoms with Crippen molar-refractivity contribution in [2.24, 2.45) is 40.9 Å². The first-order valence-corrected chi connectivity index (χ1v) is 34.6. The molecule has 0 unspecified atom stereocenters. The number of primary amides is 2. The van der Waals surface area contributed by atoms with E-state index in [1.165, 1.54) is 32.9 Å². The number of carbonyl (C=O) groups is 20. The Bertz CT molecular complexity index is 3370. The number of aliphatic hydroxyl groups is 1. The van der Waals surface area contributed by atoms with Gasteiger partial charge in [-0.1, -0.05) is 98.6 Å². The maximum Gasteiger partial charge on any atom is 0.326 e. The number of hydrogen-bond acceptors (Lipinski definition) is 22. The first-order chi connectivity index (χ1) is 50.7. The van der Waals surface area contributed by atoms with Crippen LogP contribution in [0.2, 0.25) is 0 Å². The first-order valence-electron chi connectivity index (χ1n) is 34.6. The number of amides is 14. The fourth-order valence-corrected chi connectivity index (χ4v) is 9.91. The van der Waals surface area contributed by atoms with Gasteiger partial charge >= 0.3 is 29.8 Å². The van der Waals surface area contributed by atoms with Gasteiger partial charge in [0, 0.05) is 32.6 Å². The number of rotatable bonds is 50. The van der Waals surface area contributed by atoms with Gasteiger partial charge in [0.1, 0.15) is 72.5 Å². The van der Waals surface area contributed by atoms with E-state index in [2.05, 4.69) is 63.8 Å². The highest BCUT2D eigenvalue weighted by molar-refractivity contribution is 6.01. The van der Waals surface area contributed by atoms with Crippen molar-refractivity contribution in [2.45, 2.75) is 231 Å². The van der Waals surface area contributed by atoms with Crippen LogP contribution in [-0.2, 0) is 102 Å². The Morgan fingerprint density at radius 3 is 1.13 bits per heavy atom. The van der Waals surface area contributed by atoms with E-state index in [9.17, 15) is 117 Å². The van der Waals surface area contributed by atoms with E-state index in [4.69, 9.17) is 32.2 Å². The molecule has 25 N–H and O–H groups in total. The number of benzene rings is 1. The summed E-state index contributed by atoms with van der Waals surface area (Å²) in [6.45, 7) is 13.4. The van der Waals surface area contributed by atoms with Crippen molar-refractivity contribution in [1.82, 2.24) is 63.8 Å². The smallest absolute Gasteiger partial charge is 0.326 e. The summed E-state index contributed by atoms with van der Waals surface area (Å²) in [6.07, 6.45) is -7.28. The summed E-state index contributed by atoms with van der Waals surface area (Å²) in [5.41, 5.74) is 16.7. The van der Waals surface area contributed by atoms with Crippen LogP contribution in [0.4, 0.5) is 0 Å². The molecule has 109 heavy (non-hydrogen) atoms. The SMILES string of the molecule is CC(=O)O.CC[C@H](C)[C@H](NC(=O)[C@H](CC(C)C)NC(=O)[C@H](CC(N)=O)NC(=O)[C@H](CCC(=O)O)NC(=O)[C@H](C)NC(=O)[C@@H](N)CC(=O)O)C(=O)N[C@@H](CC(=O)O)C(=O)N[C@@H](CO)C(=O)N[C@@H](Cc1ccccc1)C(=O)N[C@@H](CCC(N)=O)C(=O)N[C@@H](CCC(=O)O)C(=O)N[C@H](C(=O)N[C@H](C(=O)O)C(C)C)[C@@H](C)CC. The molecule has 42 nitrogen and oxygen atoms in total. The van der Waals surface area contributed by atoms with Gasteiger partial charge in [0.25, 0.3) is 5.97 Å². The van der Waals surface area contributed by atoms with E-state index < -0.39 is 292 Å². The summed E-state index contributed by atoms with van der Waals surface area (Å²) in [5, 5.41) is 93.2. The fraction of sp³-hybridized carbons (Fsp3) is 0.612. The Morgan fingerprint density at radius 2 is 0.725 bits per heavy atom. The lowest BCUT2D eigenvalue weighted by atomic mass is 9.96. The number of nitrogens with one attached hydrogen (secondary N) is 12. The molecule has 610 valence electrons. The largest absolute Gasteiger partial charge is 0.481 e. The number of aliphatic hydroxyl groups excluding tert-OH is 1. The second-order valence-corrected chi connectivity index (χ2v) is 26.4. The molecule has 0 aliphatic rings. The summed E-state index contributed by atoms with van der Waals surface area (Å²) in [4.78, 5) is 259. The Balaban J connectivity index is 0.0000284.